The zero-order chi connectivity index (χ0) is 9.46. The molecule has 1 aliphatic rings. The maximum absolute atomic E-state index is 11.5. The van der Waals surface area contributed by atoms with E-state index in [1.165, 1.54) is 5.57 Å². The van der Waals surface area contributed by atoms with Gasteiger partial charge in [0.05, 0.1) is 6.04 Å². The lowest BCUT2D eigenvalue weighted by molar-refractivity contribution is 0.165. The van der Waals surface area contributed by atoms with E-state index in [4.69, 9.17) is 0 Å². The Labute approximate surface area is 73.6 Å². The molecule has 0 saturated heterocycles. The molecule has 0 aromatic carbocycles. The number of likely N-dealkylation sites (N-methyl/N-ethyl adjacent to an activating group) is 1. The Morgan fingerprint density at radius 1 is 1.25 bits per heavy atom. The van der Waals surface area contributed by atoms with Crippen molar-refractivity contribution in [2.24, 2.45) is 0 Å². The zero-order valence-electron chi connectivity index (χ0n) is 8.38. The second kappa shape index (κ2) is 2.81. The fourth-order valence-electron chi connectivity index (χ4n) is 1.40. The molecule has 0 aromatic rings. The Kier molecular flexibility index (Phi) is 2.13. The zero-order valence-corrected chi connectivity index (χ0v) is 8.38. The van der Waals surface area contributed by atoms with Gasteiger partial charge >= 0.3 is 6.03 Å². The minimum atomic E-state index is 0.0746. The van der Waals surface area contributed by atoms with E-state index in [0.29, 0.717) is 0 Å². The summed E-state index contributed by atoms with van der Waals surface area (Å²) in [6, 6.07) is 0.305. The van der Waals surface area contributed by atoms with Gasteiger partial charge in [-0.2, -0.15) is 0 Å². The van der Waals surface area contributed by atoms with Gasteiger partial charge in [-0.3, -0.25) is 0 Å². The first-order chi connectivity index (χ1) is 5.46. The van der Waals surface area contributed by atoms with Crippen molar-refractivity contribution in [3.8, 4) is 0 Å². The van der Waals surface area contributed by atoms with Crippen molar-refractivity contribution >= 4 is 6.03 Å². The number of hydrogen-bond acceptors (Lipinski definition) is 1. The Hall–Kier alpha value is -0.990. The van der Waals surface area contributed by atoms with Crippen molar-refractivity contribution in [2.75, 3.05) is 14.1 Å². The van der Waals surface area contributed by atoms with Crippen LogP contribution in [-0.4, -0.2) is 36.0 Å². The number of urea groups is 1. The molecule has 1 atom stereocenters. The van der Waals surface area contributed by atoms with Crippen molar-refractivity contribution in [3.63, 3.8) is 0 Å². The lowest BCUT2D eigenvalue weighted by Gasteiger charge is -2.37. The molecular weight excluding hydrogens is 152 g/mol. The Morgan fingerprint density at radius 2 is 1.75 bits per heavy atom. The summed E-state index contributed by atoms with van der Waals surface area (Å²) in [7, 11) is 3.64. The first-order valence-electron chi connectivity index (χ1n) is 4.14. The molecule has 1 rings (SSSR count). The smallest absolute Gasteiger partial charge is 0.321 e. The van der Waals surface area contributed by atoms with Gasteiger partial charge in [-0.25, -0.2) is 4.79 Å². The van der Waals surface area contributed by atoms with Crippen molar-refractivity contribution < 1.29 is 4.79 Å². The predicted molar refractivity (Wildman–Crippen MR) is 48.8 cm³/mol. The van der Waals surface area contributed by atoms with Crippen molar-refractivity contribution in [1.82, 2.24) is 9.80 Å². The highest BCUT2D eigenvalue weighted by atomic mass is 16.2. The minimum absolute atomic E-state index is 0.0746. The molecule has 1 heterocycles. The van der Waals surface area contributed by atoms with Crippen LogP contribution in [0.25, 0.3) is 0 Å². The first-order valence-corrected chi connectivity index (χ1v) is 4.14. The molecule has 0 spiro atoms. The van der Waals surface area contributed by atoms with E-state index in [9.17, 15) is 4.79 Å². The molecule has 0 aromatic heterocycles. The maximum Gasteiger partial charge on any atom is 0.324 e. The maximum atomic E-state index is 11.5. The van der Waals surface area contributed by atoms with E-state index in [1.54, 1.807) is 9.80 Å². The van der Waals surface area contributed by atoms with Crippen LogP contribution < -0.4 is 0 Å². The highest BCUT2D eigenvalue weighted by molar-refractivity contribution is 5.78. The van der Waals surface area contributed by atoms with Gasteiger partial charge in [-0.05, 0) is 26.3 Å². The monoisotopic (exact) mass is 168 g/mol. The van der Waals surface area contributed by atoms with Crippen LogP contribution in [0.1, 0.15) is 20.8 Å². The molecule has 0 N–H and O–H groups in total. The average Bonchev–Trinajstić information content (AvgIpc) is 2.08. The van der Waals surface area contributed by atoms with Gasteiger partial charge < -0.3 is 9.80 Å². The summed E-state index contributed by atoms with van der Waals surface area (Å²) in [5, 5.41) is 0. The van der Waals surface area contributed by atoms with Gasteiger partial charge in [0.15, 0.2) is 0 Å². The van der Waals surface area contributed by atoms with Gasteiger partial charge in [0.2, 0.25) is 0 Å². The molecule has 1 unspecified atom stereocenters. The summed E-state index contributed by atoms with van der Waals surface area (Å²) in [5.41, 5.74) is 2.34. The van der Waals surface area contributed by atoms with Crippen molar-refractivity contribution in [3.05, 3.63) is 11.3 Å². The fourth-order valence-corrected chi connectivity index (χ4v) is 1.40. The summed E-state index contributed by atoms with van der Waals surface area (Å²) in [6.07, 6.45) is 0. The number of rotatable bonds is 0. The van der Waals surface area contributed by atoms with Gasteiger partial charge in [-0.15, -0.1) is 0 Å². The summed E-state index contributed by atoms with van der Waals surface area (Å²) in [4.78, 5) is 15.0. The summed E-state index contributed by atoms with van der Waals surface area (Å²) in [6.45, 7) is 6.10. The molecule has 0 bridgehead atoms. The molecule has 12 heavy (non-hydrogen) atoms. The summed E-state index contributed by atoms with van der Waals surface area (Å²) < 4.78 is 0. The fraction of sp³-hybridized carbons (Fsp3) is 0.667. The molecule has 0 fully saturated rings. The highest BCUT2D eigenvalue weighted by Gasteiger charge is 2.28. The topological polar surface area (TPSA) is 23.6 Å². The van der Waals surface area contributed by atoms with E-state index < -0.39 is 0 Å². The minimum Gasteiger partial charge on any atom is -0.321 e. The van der Waals surface area contributed by atoms with E-state index in [1.807, 2.05) is 27.9 Å². The largest absolute Gasteiger partial charge is 0.324 e. The molecule has 0 radical (unpaired) electrons. The molecule has 2 amide bonds. The third-order valence-corrected chi connectivity index (χ3v) is 2.87. The Morgan fingerprint density at radius 3 is 2.25 bits per heavy atom. The van der Waals surface area contributed by atoms with Crippen LogP contribution in [0, 0.1) is 0 Å². The van der Waals surface area contributed by atoms with Crippen LogP contribution in [0.15, 0.2) is 11.3 Å². The predicted octanol–water partition coefficient (Wildman–Crippen LogP) is 1.67. The van der Waals surface area contributed by atoms with Crippen LogP contribution in [0.3, 0.4) is 0 Å². The molecule has 3 nitrogen and oxygen atoms in total. The lowest BCUT2D eigenvalue weighted by Crippen LogP contribution is -2.48. The van der Waals surface area contributed by atoms with E-state index in [-0.39, 0.29) is 12.1 Å². The highest BCUT2D eigenvalue weighted by Crippen LogP contribution is 2.22. The number of carbonyl (C=O) groups is 1. The third-order valence-electron chi connectivity index (χ3n) is 2.87. The van der Waals surface area contributed by atoms with Gasteiger partial charge in [0.1, 0.15) is 0 Å². The standard InChI is InChI=1S/C9H16N2O/c1-6-7(2)10(4)9(12)11(5)8(6)3/h7H,1-5H3. The second-order valence-electron chi connectivity index (χ2n) is 3.40. The number of carbonyl (C=O) groups excluding carboxylic acids is 1. The van der Waals surface area contributed by atoms with Crippen LogP contribution in [0.2, 0.25) is 0 Å². The summed E-state index contributed by atoms with van der Waals surface area (Å²) in [5.74, 6) is 0. The quantitative estimate of drug-likeness (QED) is 0.539. The summed E-state index contributed by atoms with van der Waals surface area (Å²) >= 11 is 0. The number of allylic oxidation sites excluding steroid dienone is 1. The van der Waals surface area contributed by atoms with Crippen molar-refractivity contribution in [1.29, 1.82) is 0 Å². The SMILES string of the molecule is CC1=C(C)N(C)C(=O)N(C)C1C. The molecule has 68 valence electrons. The number of nitrogens with zero attached hydrogens (tertiary/aromatic N) is 2. The number of amides is 2. The average molecular weight is 168 g/mol. The van der Waals surface area contributed by atoms with Crippen LogP contribution >= 0.6 is 0 Å². The third kappa shape index (κ3) is 1.09. The normalized spacial score (nSPS) is 25.4. The lowest BCUT2D eigenvalue weighted by atomic mass is 10.1. The van der Waals surface area contributed by atoms with E-state index >= 15 is 0 Å². The molecule has 0 aliphatic carbocycles. The van der Waals surface area contributed by atoms with Gasteiger partial charge in [-0.1, -0.05) is 0 Å². The van der Waals surface area contributed by atoms with Crippen LogP contribution in [0.4, 0.5) is 4.79 Å². The van der Waals surface area contributed by atoms with E-state index in [2.05, 4.69) is 6.92 Å². The van der Waals surface area contributed by atoms with E-state index in [0.717, 1.165) is 5.70 Å². The second-order valence-corrected chi connectivity index (χ2v) is 3.40. The molecule has 3 heteroatoms. The van der Waals surface area contributed by atoms with Crippen LogP contribution in [-0.2, 0) is 0 Å². The Bertz CT molecular complexity index is 245. The van der Waals surface area contributed by atoms with Gasteiger partial charge in [0, 0.05) is 19.8 Å². The number of hydrogen-bond donors (Lipinski definition) is 0. The first kappa shape index (κ1) is 9.10. The molecule has 1 aliphatic heterocycles. The molecular formula is C9H16N2O. The Balaban J connectivity index is 3.08. The van der Waals surface area contributed by atoms with Crippen molar-refractivity contribution in [2.45, 2.75) is 26.8 Å². The van der Waals surface area contributed by atoms with Crippen LogP contribution in [0.5, 0.6) is 0 Å². The van der Waals surface area contributed by atoms with Gasteiger partial charge in [0.25, 0.3) is 0 Å². The molecule has 0 saturated carbocycles.